The molecule has 0 fully saturated rings. The molecule has 2 N–H and O–H groups in total. The summed E-state index contributed by atoms with van der Waals surface area (Å²) in [6.07, 6.45) is 0. The molecule has 18 heavy (non-hydrogen) atoms. The molecule has 5 nitrogen and oxygen atoms in total. The first-order valence-electron chi connectivity index (χ1n) is 5.54. The molecule has 0 bridgehead atoms. The molecular formula is C12H15N3O2S. The van der Waals surface area contributed by atoms with Crippen LogP contribution >= 0.6 is 11.3 Å². The Morgan fingerprint density at radius 1 is 1.56 bits per heavy atom. The van der Waals surface area contributed by atoms with Gasteiger partial charge in [-0.05, 0) is 30.7 Å². The molecule has 2 rings (SSSR count). The molecule has 2 aromatic rings. The van der Waals surface area contributed by atoms with Crippen LogP contribution in [0.25, 0.3) is 0 Å². The summed E-state index contributed by atoms with van der Waals surface area (Å²) in [7, 11) is 0. The van der Waals surface area contributed by atoms with Gasteiger partial charge >= 0.3 is 5.97 Å². The van der Waals surface area contributed by atoms with Crippen molar-refractivity contribution in [1.82, 2.24) is 9.78 Å². The Bertz CT molecular complexity index is 546. The summed E-state index contributed by atoms with van der Waals surface area (Å²) in [4.78, 5) is 11.7. The van der Waals surface area contributed by atoms with Gasteiger partial charge in [0.15, 0.2) is 0 Å². The van der Waals surface area contributed by atoms with Gasteiger partial charge in [-0.25, -0.2) is 0 Å². The zero-order valence-electron chi connectivity index (χ0n) is 10.3. The van der Waals surface area contributed by atoms with Crippen molar-refractivity contribution in [2.24, 2.45) is 0 Å². The molecule has 0 aliphatic rings. The van der Waals surface area contributed by atoms with Crippen LogP contribution in [0.2, 0.25) is 0 Å². The van der Waals surface area contributed by atoms with Gasteiger partial charge in [-0.1, -0.05) is 0 Å². The van der Waals surface area contributed by atoms with Gasteiger partial charge in [0.2, 0.25) is 0 Å². The highest BCUT2D eigenvalue weighted by atomic mass is 32.1. The predicted octanol–water partition coefficient (Wildman–Crippen LogP) is 1.89. The molecule has 0 saturated carbocycles. The average molecular weight is 265 g/mol. The van der Waals surface area contributed by atoms with Crippen LogP contribution in [-0.4, -0.2) is 15.7 Å². The quantitative estimate of drug-likeness (QED) is 0.857. The van der Waals surface area contributed by atoms with Crippen molar-refractivity contribution in [2.75, 3.05) is 5.73 Å². The molecule has 0 atom stereocenters. The molecule has 96 valence electrons. The van der Waals surface area contributed by atoms with Gasteiger partial charge in [0.05, 0.1) is 17.1 Å². The monoisotopic (exact) mass is 265 g/mol. The van der Waals surface area contributed by atoms with Gasteiger partial charge in [0, 0.05) is 5.56 Å². The van der Waals surface area contributed by atoms with Gasteiger partial charge in [-0.15, -0.1) is 0 Å². The first kappa shape index (κ1) is 12.6. The Morgan fingerprint density at radius 2 is 2.33 bits per heavy atom. The predicted molar refractivity (Wildman–Crippen MR) is 70.2 cm³/mol. The molecule has 0 spiro atoms. The number of aromatic nitrogens is 2. The summed E-state index contributed by atoms with van der Waals surface area (Å²) in [6, 6.07) is 1.93. The van der Waals surface area contributed by atoms with E-state index in [1.807, 2.05) is 30.7 Å². The van der Waals surface area contributed by atoms with Gasteiger partial charge in [0.1, 0.15) is 13.2 Å². The van der Waals surface area contributed by atoms with Crippen LogP contribution in [0.4, 0.5) is 5.69 Å². The Kier molecular flexibility index (Phi) is 3.66. The normalized spacial score (nSPS) is 10.6. The summed E-state index contributed by atoms with van der Waals surface area (Å²) < 4.78 is 6.73. The average Bonchev–Trinajstić information content (AvgIpc) is 2.93. The smallest absolute Gasteiger partial charge is 0.328 e. The standard InChI is InChI=1S/C12H15N3O2S/c1-8-12(13)9(2)15(14-8)5-11(16)17-6-10-3-4-18-7-10/h3-4,7H,5-6,13H2,1-2H3. The summed E-state index contributed by atoms with van der Waals surface area (Å²) >= 11 is 1.58. The lowest BCUT2D eigenvalue weighted by atomic mass is 10.3. The maximum absolute atomic E-state index is 11.7. The maximum atomic E-state index is 11.7. The third kappa shape index (κ3) is 2.70. The minimum Gasteiger partial charge on any atom is -0.459 e. The van der Waals surface area contributed by atoms with E-state index in [0.29, 0.717) is 12.3 Å². The van der Waals surface area contributed by atoms with Gasteiger partial charge in [-0.3, -0.25) is 9.48 Å². The fourth-order valence-corrected chi connectivity index (χ4v) is 2.22. The van der Waals surface area contributed by atoms with E-state index in [9.17, 15) is 4.79 Å². The number of esters is 1. The van der Waals surface area contributed by atoms with E-state index >= 15 is 0 Å². The number of carbonyl (C=O) groups excluding carboxylic acids is 1. The minimum atomic E-state index is -0.313. The van der Waals surface area contributed by atoms with E-state index in [1.165, 1.54) is 0 Å². The zero-order chi connectivity index (χ0) is 13.1. The molecule has 6 heteroatoms. The summed E-state index contributed by atoms with van der Waals surface area (Å²) in [5, 5.41) is 8.09. The topological polar surface area (TPSA) is 70.1 Å². The van der Waals surface area contributed by atoms with Gasteiger partial charge in [0.25, 0.3) is 0 Å². The molecule has 0 amide bonds. The van der Waals surface area contributed by atoms with Crippen LogP contribution in [0, 0.1) is 13.8 Å². The van der Waals surface area contributed by atoms with Crippen molar-refractivity contribution in [2.45, 2.75) is 27.0 Å². The number of ether oxygens (including phenoxy) is 1. The van der Waals surface area contributed by atoms with Crippen molar-refractivity contribution in [1.29, 1.82) is 0 Å². The van der Waals surface area contributed by atoms with Gasteiger partial charge in [-0.2, -0.15) is 16.4 Å². The number of carbonyl (C=O) groups is 1. The molecule has 0 unspecified atom stereocenters. The number of nitrogens with zero attached hydrogens (tertiary/aromatic N) is 2. The highest BCUT2D eigenvalue weighted by molar-refractivity contribution is 7.07. The largest absolute Gasteiger partial charge is 0.459 e. The molecule has 2 heterocycles. The number of aryl methyl sites for hydroxylation is 1. The van der Waals surface area contributed by atoms with E-state index in [2.05, 4.69) is 5.10 Å². The third-order valence-corrected chi connectivity index (χ3v) is 3.43. The van der Waals surface area contributed by atoms with Crippen LogP contribution in [0.3, 0.4) is 0 Å². The Labute approximate surface area is 109 Å². The SMILES string of the molecule is Cc1nn(CC(=O)OCc2ccsc2)c(C)c1N. The highest BCUT2D eigenvalue weighted by Gasteiger charge is 2.12. The lowest BCUT2D eigenvalue weighted by molar-refractivity contribution is -0.145. The highest BCUT2D eigenvalue weighted by Crippen LogP contribution is 2.14. The zero-order valence-corrected chi connectivity index (χ0v) is 11.2. The third-order valence-electron chi connectivity index (χ3n) is 2.70. The van der Waals surface area contributed by atoms with E-state index < -0.39 is 0 Å². The maximum Gasteiger partial charge on any atom is 0.328 e. The van der Waals surface area contributed by atoms with Crippen LogP contribution < -0.4 is 5.73 Å². The molecule has 0 aliphatic carbocycles. The lowest BCUT2D eigenvalue weighted by Gasteiger charge is -2.05. The number of thiophene rings is 1. The first-order valence-corrected chi connectivity index (χ1v) is 6.48. The van der Waals surface area contributed by atoms with Crippen LogP contribution in [0.5, 0.6) is 0 Å². The molecular weight excluding hydrogens is 250 g/mol. The summed E-state index contributed by atoms with van der Waals surface area (Å²) in [6.45, 7) is 4.04. The number of rotatable bonds is 4. The molecule has 2 aromatic heterocycles. The van der Waals surface area contributed by atoms with E-state index in [0.717, 1.165) is 17.0 Å². The minimum absolute atomic E-state index is 0.0913. The van der Waals surface area contributed by atoms with Crippen molar-refractivity contribution in [3.05, 3.63) is 33.8 Å². The Balaban J connectivity index is 1.93. The van der Waals surface area contributed by atoms with Gasteiger partial charge < -0.3 is 10.5 Å². The Hall–Kier alpha value is -1.82. The van der Waals surface area contributed by atoms with Crippen LogP contribution in [0.1, 0.15) is 17.0 Å². The number of nitrogen functional groups attached to an aromatic ring is 1. The Morgan fingerprint density at radius 3 is 2.89 bits per heavy atom. The fourth-order valence-electron chi connectivity index (χ4n) is 1.57. The number of hydrogen-bond donors (Lipinski definition) is 1. The van der Waals surface area contributed by atoms with Crippen molar-refractivity contribution < 1.29 is 9.53 Å². The number of anilines is 1. The van der Waals surface area contributed by atoms with Crippen molar-refractivity contribution in [3.63, 3.8) is 0 Å². The van der Waals surface area contributed by atoms with Crippen molar-refractivity contribution in [3.8, 4) is 0 Å². The van der Waals surface area contributed by atoms with Crippen molar-refractivity contribution >= 4 is 23.0 Å². The van der Waals surface area contributed by atoms with Crippen LogP contribution in [0.15, 0.2) is 16.8 Å². The second-order valence-electron chi connectivity index (χ2n) is 4.03. The first-order chi connectivity index (χ1) is 8.58. The van der Waals surface area contributed by atoms with E-state index in [-0.39, 0.29) is 12.5 Å². The second-order valence-corrected chi connectivity index (χ2v) is 4.81. The molecule has 0 aromatic carbocycles. The number of nitrogens with two attached hydrogens (primary N) is 1. The summed E-state index contributed by atoms with van der Waals surface area (Å²) in [5.74, 6) is -0.313. The van der Waals surface area contributed by atoms with E-state index in [1.54, 1.807) is 16.0 Å². The lowest BCUT2D eigenvalue weighted by Crippen LogP contribution is -2.15. The molecule has 0 aliphatic heterocycles. The second kappa shape index (κ2) is 5.22. The molecule has 0 saturated heterocycles. The number of hydrogen-bond acceptors (Lipinski definition) is 5. The van der Waals surface area contributed by atoms with Crippen LogP contribution in [-0.2, 0) is 22.7 Å². The summed E-state index contributed by atoms with van der Waals surface area (Å²) in [5.41, 5.74) is 8.95. The van der Waals surface area contributed by atoms with E-state index in [4.69, 9.17) is 10.5 Å². The molecule has 0 radical (unpaired) electrons. The fraction of sp³-hybridized carbons (Fsp3) is 0.333.